The molecule has 0 saturated heterocycles. The van der Waals surface area contributed by atoms with E-state index in [0.717, 1.165) is 57.8 Å². The number of allylic oxidation sites excluding steroid dienone is 9. The number of hydrogen-bond acceptors (Lipinski definition) is 3. The monoisotopic (exact) mass is 796 g/mol. The molecule has 0 rings (SSSR count). The Morgan fingerprint density at radius 1 is 0.421 bits per heavy atom. The molecule has 0 aliphatic carbocycles. The molecule has 2 atom stereocenters. The highest BCUT2D eigenvalue weighted by Gasteiger charge is 2.17. The predicted octanol–water partition coefficient (Wildman–Crippen LogP) is 16.1. The van der Waals surface area contributed by atoms with Gasteiger partial charge in [0.2, 0.25) is 5.91 Å². The average Bonchev–Trinajstić information content (AvgIpc) is 3.22. The number of hydrogen-bond donors (Lipinski definition) is 3. The normalized spacial score (nSPS) is 13.4. The van der Waals surface area contributed by atoms with Crippen molar-refractivity contribution in [1.29, 1.82) is 0 Å². The number of unbranched alkanes of at least 4 members (excludes halogenated alkanes) is 30. The lowest BCUT2D eigenvalue weighted by Crippen LogP contribution is -2.45. The molecular weight excluding hydrogens is 699 g/mol. The third-order valence-electron chi connectivity index (χ3n) is 11.2. The first-order chi connectivity index (χ1) is 28.2. The second kappa shape index (κ2) is 48.5. The minimum atomic E-state index is -0.871. The van der Waals surface area contributed by atoms with E-state index in [0.29, 0.717) is 6.42 Å². The van der Waals surface area contributed by atoms with E-state index in [-0.39, 0.29) is 12.5 Å². The Morgan fingerprint density at radius 2 is 0.737 bits per heavy atom. The Labute approximate surface area is 356 Å². The van der Waals surface area contributed by atoms with Crippen molar-refractivity contribution >= 4 is 5.91 Å². The van der Waals surface area contributed by atoms with Crippen LogP contribution in [0.4, 0.5) is 0 Å². The maximum atomic E-state index is 12.4. The molecule has 4 heteroatoms. The van der Waals surface area contributed by atoms with Gasteiger partial charge >= 0.3 is 0 Å². The molecule has 0 saturated carbocycles. The third kappa shape index (κ3) is 45.0. The SMILES string of the molecule is CCCCCCC/C=C\C/C=C\C/C=C\CCCCCCCCC(=O)NC(CO)C(O)/C=C/CC/C=C/CCCCCCCCCCCCCCCCCCCC. The van der Waals surface area contributed by atoms with Gasteiger partial charge in [-0.2, -0.15) is 0 Å². The summed E-state index contributed by atoms with van der Waals surface area (Å²) in [7, 11) is 0. The number of rotatable bonds is 45. The Morgan fingerprint density at radius 3 is 1.14 bits per heavy atom. The largest absolute Gasteiger partial charge is 0.394 e. The van der Waals surface area contributed by atoms with E-state index in [4.69, 9.17) is 0 Å². The molecule has 0 aromatic heterocycles. The number of carbonyl (C=O) groups is 1. The molecule has 0 heterocycles. The molecule has 4 nitrogen and oxygen atoms in total. The van der Waals surface area contributed by atoms with Crippen LogP contribution < -0.4 is 5.32 Å². The van der Waals surface area contributed by atoms with Crippen LogP contribution in [-0.2, 0) is 4.79 Å². The van der Waals surface area contributed by atoms with Crippen molar-refractivity contribution < 1.29 is 15.0 Å². The van der Waals surface area contributed by atoms with E-state index >= 15 is 0 Å². The molecule has 0 bridgehead atoms. The van der Waals surface area contributed by atoms with E-state index in [9.17, 15) is 15.0 Å². The number of aliphatic hydroxyl groups is 2. The van der Waals surface area contributed by atoms with Gasteiger partial charge < -0.3 is 15.5 Å². The summed E-state index contributed by atoms with van der Waals surface area (Å²) in [6.07, 6.45) is 67.8. The summed E-state index contributed by atoms with van der Waals surface area (Å²) in [5, 5.41) is 23.1. The van der Waals surface area contributed by atoms with E-state index < -0.39 is 12.1 Å². The van der Waals surface area contributed by atoms with Gasteiger partial charge in [0.25, 0.3) is 0 Å². The van der Waals surface area contributed by atoms with Gasteiger partial charge in [-0.1, -0.05) is 235 Å². The molecule has 57 heavy (non-hydrogen) atoms. The summed E-state index contributed by atoms with van der Waals surface area (Å²) in [4.78, 5) is 12.4. The number of amides is 1. The standard InChI is InChI=1S/C53H97NO3/c1-3-5-7-9-11-13-15-17-19-21-23-25-26-27-29-30-32-34-36-38-40-42-44-46-48-52(56)51(50-55)54-53(57)49-47-45-43-41-39-37-35-33-31-28-24-22-20-18-16-14-12-10-8-6-4-2/h16,18,22,24,31,33,38,40,46,48,51-52,55-56H,3-15,17,19-21,23,25-30,32,34-37,39,41-45,47,49-50H2,1-2H3,(H,54,57)/b18-16-,24-22-,33-31-,40-38+,48-46+. The van der Waals surface area contributed by atoms with Crippen LogP contribution in [-0.4, -0.2) is 34.9 Å². The van der Waals surface area contributed by atoms with Crippen molar-refractivity contribution in [2.45, 2.75) is 264 Å². The van der Waals surface area contributed by atoms with Crippen LogP contribution in [0.25, 0.3) is 0 Å². The minimum absolute atomic E-state index is 0.0861. The Kier molecular flexibility index (Phi) is 46.8. The summed E-state index contributed by atoms with van der Waals surface area (Å²) in [5.74, 6) is -0.0861. The number of aliphatic hydroxyl groups excluding tert-OH is 2. The molecule has 3 N–H and O–H groups in total. The van der Waals surface area contributed by atoms with Crippen LogP contribution in [0.3, 0.4) is 0 Å². The molecule has 0 aliphatic rings. The first-order valence-corrected chi connectivity index (χ1v) is 25.0. The van der Waals surface area contributed by atoms with Crippen molar-refractivity contribution in [2.24, 2.45) is 0 Å². The van der Waals surface area contributed by atoms with Crippen molar-refractivity contribution in [2.75, 3.05) is 6.61 Å². The molecule has 332 valence electrons. The lowest BCUT2D eigenvalue weighted by molar-refractivity contribution is -0.123. The van der Waals surface area contributed by atoms with Gasteiger partial charge in [0.1, 0.15) is 0 Å². The van der Waals surface area contributed by atoms with Gasteiger partial charge in [0.05, 0.1) is 18.8 Å². The topological polar surface area (TPSA) is 69.6 Å². The predicted molar refractivity (Wildman–Crippen MR) is 253 cm³/mol. The quantitative estimate of drug-likeness (QED) is 0.0425. The van der Waals surface area contributed by atoms with Crippen molar-refractivity contribution in [3.63, 3.8) is 0 Å². The van der Waals surface area contributed by atoms with Gasteiger partial charge in [-0.3, -0.25) is 4.79 Å². The summed E-state index contributed by atoms with van der Waals surface area (Å²) in [5.41, 5.74) is 0. The molecule has 0 spiro atoms. The summed E-state index contributed by atoms with van der Waals surface area (Å²) < 4.78 is 0. The second-order valence-electron chi connectivity index (χ2n) is 16.9. The van der Waals surface area contributed by atoms with E-state index in [2.05, 4.69) is 67.8 Å². The molecule has 0 aromatic rings. The fraction of sp³-hybridized carbons (Fsp3) is 0.792. The Bertz CT molecular complexity index is 950. The Hall–Kier alpha value is -1.91. The van der Waals surface area contributed by atoms with Crippen molar-refractivity contribution in [1.82, 2.24) is 5.32 Å². The molecule has 0 aromatic carbocycles. The van der Waals surface area contributed by atoms with Crippen LogP contribution >= 0.6 is 0 Å². The highest BCUT2D eigenvalue weighted by molar-refractivity contribution is 5.76. The average molecular weight is 796 g/mol. The number of carbonyl (C=O) groups excluding carboxylic acids is 1. The zero-order valence-corrected chi connectivity index (χ0v) is 38.1. The van der Waals surface area contributed by atoms with Gasteiger partial charge in [-0.05, 0) is 70.6 Å². The van der Waals surface area contributed by atoms with E-state index in [1.165, 1.54) is 173 Å². The fourth-order valence-electron chi connectivity index (χ4n) is 7.38. The Balaban J connectivity index is 3.61. The fourth-order valence-corrected chi connectivity index (χ4v) is 7.38. The first-order valence-electron chi connectivity index (χ1n) is 25.0. The zero-order chi connectivity index (χ0) is 41.4. The summed E-state index contributed by atoms with van der Waals surface area (Å²) in [6, 6.07) is -0.649. The highest BCUT2D eigenvalue weighted by atomic mass is 16.3. The molecule has 1 amide bonds. The van der Waals surface area contributed by atoms with Crippen molar-refractivity contribution in [3.8, 4) is 0 Å². The smallest absolute Gasteiger partial charge is 0.220 e. The summed E-state index contributed by atoms with van der Waals surface area (Å²) in [6.45, 7) is 4.29. The molecule has 0 fully saturated rings. The van der Waals surface area contributed by atoms with Crippen LogP contribution in [0, 0.1) is 0 Å². The van der Waals surface area contributed by atoms with Gasteiger partial charge in [-0.25, -0.2) is 0 Å². The second-order valence-corrected chi connectivity index (χ2v) is 16.9. The van der Waals surface area contributed by atoms with E-state index in [1.807, 2.05) is 6.08 Å². The molecule has 0 radical (unpaired) electrons. The van der Waals surface area contributed by atoms with Crippen LogP contribution in [0.2, 0.25) is 0 Å². The van der Waals surface area contributed by atoms with Crippen LogP contribution in [0.5, 0.6) is 0 Å². The van der Waals surface area contributed by atoms with Crippen LogP contribution in [0.1, 0.15) is 251 Å². The third-order valence-corrected chi connectivity index (χ3v) is 11.2. The first kappa shape index (κ1) is 55.1. The van der Waals surface area contributed by atoms with Crippen molar-refractivity contribution in [3.05, 3.63) is 60.8 Å². The molecule has 0 aliphatic heterocycles. The highest BCUT2D eigenvalue weighted by Crippen LogP contribution is 2.15. The lowest BCUT2D eigenvalue weighted by atomic mass is 10.0. The summed E-state index contributed by atoms with van der Waals surface area (Å²) >= 11 is 0. The van der Waals surface area contributed by atoms with Gasteiger partial charge in [0.15, 0.2) is 0 Å². The van der Waals surface area contributed by atoms with E-state index in [1.54, 1.807) is 6.08 Å². The molecular formula is C53H97NO3. The van der Waals surface area contributed by atoms with Crippen LogP contribution in [0.15, 0.2) is 60.8 Å². The zero-order valence-electron chi connectivity index (χ0n) is 38.1. The maximum absolute atomic E-state index is 12.4. The maximum Gasteiger partial charge on any atom is 0.220 e. The lowest BCUT2D eigenvalue weighted by Gasteiger charge is -2.19. The number of nitrogens with one attached hydrogen (secondary N) is 1. The molecule has 2 unspecified atom stereocenters. The van der Waals surface area contributed by atoms with Gasteiger partial charge in [-0.15, -0.1) is 0 Å². The van der Waals surface area contributed by atoms with Gasteiger partial charge in [0, 0.05) is 6.42 Å². The minimum Gasteiger partial charge on any atom is -0.394 e.